The Bertz CT molecular complexity index is 305. The molecule has 0 spiro atoms. The largest absolute Gasteiger partial charge is 0.382 e. The van der Waals surface area contributed by atoms with Crippen LogP contribution >= 0.6 is 0 Å². The van der Waals surface area contributed by atoms with Gasteiger partial charge in [0.25, 0.3) is 0 Å². The van der Waals surface area contributed by atoms with E-state index < -0.39 is 5.67 Å². The Morgan fingerprint density at radius 3 is 2.81 bits per heavy atom. The summed E-state index contributed by atoms with van der Waals surface area (Å²) in [6, 6.07) is 9.83. The quantitative estimate of drug-likeness (QED) is 0.821. The number of benzene rings is 1. The van der Waals surface area contributed by atoms with E-state index in [-0.39, 0.29) is 0 Å². The van der Waals surface area contributed by atoms with Crippen LogP contribution in [0.4, 0.5) is 10.1 Å². The van der Waals surface area contributed by atoms with Gasteiger partial charge in [0.1, 0.15) is 5.67 Å². The Hall–Kier alpha value is -1.09. The van der Waals surface area contributed by atoms with E-state index in [1.54, 1.807) is 0 Å². The van der Waals surface area contributed by atoms with Crippen molar-refractivity contribution in [2.75, 3.05) is 25.0 Å². The zero-order chi connectivity index (χ0) is 11.3. The highest BCUT2D eigenvalue weighted by Gasteiger charge is 2.29. The molecule has 0 aliphatic carbocycles. The number of hydrogen-bond acceptors (Lipinski definition) is 2. The SMILES string of the molecule is FC1(CNc2ccccc2)CCCNCC1. The molecule has 1 aromatic rings. The van der Waals surface area contributed by atoms with Crippen molar-refractivity contribution in [1.82, 2.24) is 5.32 Å². The van der Waals surface area contributed by atoms with Crippen LogP contribution in [0.1, 0.15) is 19.3 Å². The number of halogens is 1. The predicted octanol–water partition coefficient (Wildman–Crippen LogP) is 2.58. The summed E-state index contributed by atoms with van der Waals surface area (Å²) in [7, 11) is 0. The van der Waals surface area contributed by atoms with Gasteiger partial charge in [-0.05, 0) is 44.5 Å². The lowest BCUT2D eigenvalue weighted by Crippen LogP contribution is -2.33. The monoisotopic (exact) mass is 222 g/mol. The number of hydrogen-bond donors (Lipinski definition) is 2. The average Bonchev–Trinajstić information content (AvgIpc) is 2.54. The molecule has 2 rings (SSSR count). The zero-order valence-corrected chi connectivity index (χ0v) is 9.51. The van der Waals surface area contributed by atoms with Crippen LogP contribution in [0.2, 0.25) is 0 Å². The van der Waals surface area contributed by atoms with Gasteiger partial charge in [-0.25, -0.2) is 4.39 Å². The molecule has 1 fully saturated rings. The van der Waals surface area contributed by atoms with E-state index in [0.29, 0.717) is 19.4 Å². The van der Waals surface area contributed by atoms with Crippen molar-refractivity contribution in [2.45, 2.75) is 24.9 Å². The maximum Gasteiger partial charge on any atom is 0.129 e. The molecular formula is C13H19FN2. The topological polar surface area (TPSA) is 24.1 Å². The Balaban J connectivity index is 1.88. The van der Waals surface area contributed by atoms with Crippen molar-refractivity contribution in [3.63, 3.8) is 0 Å². The van der Waals surface area contributed by atoms with Gasteiger partial charge >= 0.3 is 0 Å². The molecule has 1 aliphatic heterocycles. The fourth-order valence-corrected chi connectivity index (χ4v) is 2.09. The summed E-state index contributed by atoms with van der Waals surface area (Å²) < 4.78 is 14.4. The van der Waals surface area contributed by atoms with Crippen molar-refractivity contribution in [2.24, 2.45) is 0 Å². The van der Waals surface area contributed by atoms with Crippen LogP contribution in [0.3, 0.4) is 0 Å². The second-order valence-corrected chi connectivity index (χ2v) is 4.47. The molecule has 3 heteroatoms. The van der Waals surface area contributed by atoms with Gasteiger partial charge in [0, 0.05) is 12.2 Å². The van der Waals surface area contributed by atoms with Gasteiger partial charge in [0.15, 0.2) is 0 Å². The molecule has 1 heterocycles. The number of rotatable bonds is 3. The van der Waals surface area contributed by atoms with Crippen molar-refractivity contribution >= 4 is 5.69 Å². The van der Waals surface area contributed by atoms with Crippen LogP contribution in [0, 0.1) is 0 Å². The second kappa shape index (κ2) is 5.30. The van der Waals surface area contributed by atoms with Crippen LogP contribution in [-0.2, 0) is 0 Å². The van der Waals surface area contributed by atoms with Gasteiger partial charge in [0.2, 0.25) is 0 Å². The molecule has 0 amide bonds. The van der Waals surface area contributed by atoms with E-state index in [1.807, 2.05) is 30.3 Å². The van der Waals surface area contributed by atoms with E-state index >= 15 is 0 Å². The molecule has 1 unspecified atom stereocenters. The molecule has 1 atom stereocenters. The Morgan fingerprint density at radius 1 is 1.19 bits per heavy atom. The third-order valence-corrected chi connectivity index (χ3v) is 3.11. The van der Waals surface area contributed by atoms with Gasteiger partial charge in [0.05, 0.1) is 0 Å². The van der Waals surface area contributed by atoms with Crippen LogP contribution in [-0.4, -0.2) is 25.3 Å². The first-order chi connectivity index (χ1) is 7.79. The average molecular weight is 222 g/mol. The van der Waals surface area contributed by atoms with Gasteiger partial charge in [-0.2, -0.15) is 0 Å². The molecule has 1 aromatic carbocycles. The third-order valence-electron chi connectivity index (χ3n) is 3.11. The van der Waals surface area contributed by atoms with Crippen molar-refractivity contribution in [3.05, 3.63) is 30.3 Å². The van der Waals surface area contributed by atoms with Crippen molar-refractivity contribution in [3.8, 4) is 0 Å². The minimum atomic E-state index is -1.06. The van der Waals surface area contributed by atoms with E-state index in [1.165, 1.54) is 0 Å². The molecular weight excluding hydrogens is 203 g/mol. The number of nitrogens with one attached hydrogen (secondary N) is 2. The van der Waals surface area contributed by atoms with Gasteiger partial charge < -0.3 is 10.6 Å². The lowest BCUT2D eigenvalue weighted by molar-refractivity contribution is 0.161. The standard InChI is InChI=1S/C13H19FN2/c14-13(7-4-9-15-10-8-13)11-16-12-5-2-1-3-6-12/h1-3,5-6,15-16H,4,7-11H2. The number of para-hydroxylation sites is 1. The minimum Gasteiger partial charge on any atom is -0.382 e. The predicted molar refractivity (Wildman–Crippen MR) is 65.5 cm³/mol. The maximum absolute atomic E-state index is 14.4. The summed E-state index contributed by atoms with van der Waals surface area (Å²) in [6.07, 6.45) is 2.18. The second-order valence-electron chi connectivity index (χ2n) is 4.47. The smallest absolute Gasteiger partial charge is 0.129 e. The summed E-state index contributed by atoms with van der Waals surface area (Å²) in [6.45, 7) is 2.14. The van der Waals surface area contributed by atoms with E-state index in [9.17, 15) is 4.39 Å². The first-order valence-corrected chi connectivity index (χ1v) is 5.97. The van der Waals surface area contributed by atoms with E-state index in [4.69, 9.17) is 0 Å². The van der Waals surface area contributed by atoms with E-state index in [2.05, 4.69) is 10.6 Å². The highest BCUT2D eigenvalue weighted by Crippen LogP contribution is 2.24. The fraction of sp³-hybridized carbons (Fsp3) is 0.538. The molecule has 0 saturated carbocycles. The number of alkyl halides is 1. The summed E-state index contributed by atoms with van der Waals surface area (Å²) in [5.74, 6) is 0. The maximum atomic E-state index is 14.4. The van der Waals surface area contributed by atoms with Gasteiger partial charge in [-0.3, -0.25) is 0 Å². The molecule has 0 radical (unpaired) electrons. The van der Waals surface area contributed by atoms with Gasteiger partial charge in [-0.1, -0.05) is 18.2 Å². The first-order valence-electron chi connectivity index (χ1n) is 5.97. The molecule has 1 aliphatic rings. The van der Waals surface area contributed by atoms with Crippen LogP contribution in [0.5, 0.6) is 0 Å². The molecule has 0 aromatic heterocycles. The first kappa shape index (κ1) is 11.4. The fourth-order valence-electron chi connectivity index (χ4n) is 2.09. The van der Waals surface area contributed by atoms with Crippen molar-refractivity contribution < 1.29 is 4.39 Å². The minimum absolute atomic E-state index is 0.415. The third kappa shape index (κ3) is 3.20. The Morgan fingerprint density at radius 2 is 2.00 bits per heavy atom. The molecule has 16 heavy (non-hydrogen) atoms. The Kier molecular flexibility index (Phi) is 3.78. The van der Waals surface area contributed by atoms with E-state index in [0.717, 1.165) is 25.2 Å². The van der Waals surface area contributed by atoms with Crippen LogP contribution in [0.25, 0.3) is 0 Å². The summed E-state index contributed by atoms with van der Waals surface area (Å²) in [5, 5.41) is 6.41. The highest BCUT2D eigenvalue weighted by molar-refractivity contribution is 5.42. The van der Waals surface area contributed by atoms with Crippen LogP contribution < -0.4 is 10.6 Å². The molecule has 2 N–H and O–H groups in total. The highest BCUT2D eigenvalue weighted by atomic mass is 19.1. The summed E-state index contributed by atoms with van der Waals surface area (Å²) >= 11 is 0. The molecule has 1 saturated heterocycles. The lowest BCUT2D eigenvalue weighted by Gasteiger charge is -2.24. The lowest BCUT2D eigenvalue weighted by atomic mass is 9.97. The van der Waals surface area contributed by atoms with Crippen LogP contribution in [0.15, 0.2) is 30.3 Å². The number of anilines is 1. The summed E-state index contributed by atoms with van der Waals surface area (Å²) in [5.41, 5.74) is -0.0592. The molecule has 88 valence electrons. The van der Waals surface area contributed by atoms with Gasteiger partial charge in [-0.15, -0.1) is 0 Å². The molecule has 2 nitrogen and oxygen atoms in total. The Labute approximate surface area is 96.2 Å². The molecule has 0 bridgehead atoms. The zero-order valence-electron chi connectivity index (χ0n) is 9.51. The summed E-state index contributed by atoms with van der Waals surface area (Å²) in [4.78, 5) is 0. The normalized spacial score (nSPS) is 26.1. The van der Waals surface area contributed by atoms with Crippen molar-refractivity contribution in [1.29, 1.82) is 0 Å².